The first-order valence-electron chi connectivity index (χ1n) is 7.44. The Morgan fingerprint density at radius 2 is 1.79 bits per heavy atom. The van der Waals surface area contributed by atoms with E-state index in [1.165, 1.54) is 18.7 Å². The molecule has 0 saturated heterocycles. The van der Waals surface area contributed by atoms with E-state index in [0.29, 0.717) is 21.7 Å². The van der Waals surface area contributed by atoms with Crippen LogP contribution < -0.4 is 10.1 Å². The van der Waals surface area contributed by atoms with Crippen LogP contribution >= 0.6 is 35.0 Å². The van der Waals surface area contributed by atoms with E-state index in [0.717, 1.165) is 21.1 Å². The van der Waals surface area contributed by atoms with Crippen molar-refractivity contribution >= 4 is 46.6 Å². The zero-order valence-electron chi connectivity index (χ0n) is 13.9. The van der Waals surface area contributed by atoms with Crippen molar-refractivity contribution in [1.82, 2.24) is 0 Å². The number of methoxy groups -OCH3 is 1. The fourth-order valence-corrected chi connectivity index (χ4v) is 3.87. The SMILES string of the molecule is COc1ccc(Sc2c(Cl)cc(NC(C)=O)cc2Cl)cc1C(C)C. The molecule has 0 saturated carbocycles. The van der Waals surface area contributed by atoms with E-state index in [2.05, 4.69) is 25.2 Å². The molecule has 0 aromatic heterocycles. The smallest absolute Gasteiger partial charge is 0.221 e. The van der Waals surface area contributed by atoms with Gasteiger partial charge in [0.15, 0.2) is 0 Å². The van der Waals surface area contributed by atoms with Crippen LogP contribution in [0.4, 0.5) is 5.69 Å². The van der Waals surface area contributed by atoms with E-state index >= 15 is 0 Å². The van der Waals surface area contributed by atoms with Crippen LogP contribution in [-0.2, 0) is 4.79 Å². The lowest BCUT2D eigenvalue weighted by Crippen LogP contribution is -2.05. The van der Waals surface area contributed by atoms with Crippen LogP contribution in [0.2, 0.25) is 10.0 Å². The zero-order valence-corrected chi connectivity index (χ0v) is 16.3. The van der Waals surface area contributed by atoms with Crippen molar-refractivity contribution < 1.29 is 9.53 Å². The van der Waals surface area contributed by atoms with Gasteiger partial charge in [0.05, 0.1) is 17.2 Å². The van der Waals surface area contributed by atoms with Crippen LogP contribution in [0.1, 0.15) is 32.3 Å². The monoisotopic (exact) mass is 383 g/mol. The topological polar surface area (TPSA) is 38.3 Å². The van der Waals surface area contributed by atoms with Gasteiger partial charge in [-0.2, -0.15) is 0 Å². The number of hydrogen-bond donors (Lipinski definition) is 1. The average molecular weight is 384 g/mol. The maximum Gasteiger partial charge on any atom is 0.221 e. The zero-order chi connectivity index (χ0) is 17.9. The first kappa shape index (κ1) is 19.0. The van der Waals surface area contributed by atoms with E-state index in [-0.39, 0.29) is 5.91 Å². The number of hydrogen-bond acceptors (Lipinski definition) is 3. The molecule has 0 bridgehead atoms. The second-order valence-electron chi connectivity index (χ2n) is 5.61. The van der Waals surface area contributed by atoms with Gasteiger partial charge in [0.1, 0.15) is 5.75 Å². The highest BCUT2D eigenvalue weighted by Gasteiger charge is 2.13. The van der Waals surface area contributed by atoms with E-state index in [1.807, 2.05) is 12.1 Å². The Morgan fingerprint density at radius 1 is 1.17 bits per heavy atom. The molecule has 2 aromatic carbocycles. The lowest BCUT2D eigenvalue weighted by Gasteiger charge is -2.14. The van der Waals surface area contributed by atoms with Crippen LogP contribution in [0.15, 0.2) is 40.1 Å². The number of nitrogens with one attached hydrogen (secondary N) is 1. The van der Waals surface area contributed by atoms with Crippen molar-refractivity contribution in [3.63, 3.8) is 0 Å². The predicted molar refractivity (Wildman–Crippen MR) is 102 cm³/mol. The van der Waals surface area contributed by atoms with Crippen molar-refractivity contribution in [2.24, 2.45) is 0 Å². The first-order chi connectivity index (χ1) is 11.3. The predicted octanol–water partition coefficient (Wildman–Crippen LogP) is 6.24. The summed E-state index contributed by atoms with van der Waals surface area (Å²) in [4.78, 5) is 12.9. The molecule has 3 nitrogen and oxygen atoms in total. The molecule has 6 heteroatoms. The van der Waals surface area contributed by atoms with E-state index in [1.54, 1.807) is 19.2 Å². The molecule has 0 aliphatic rings. The Labute approximate surface area is 156 Å². The first-order valence-corrected chi connectivity index (χ1v) is 9.01. The van der Waals surface area contributed by atoms with Gasteiger partial charge in [0.25, 0.3) is 0 Å². The summed E-state index contributed by atoms with van der Waals surface area (Å²) >= 11 is 14.2. The fourth-order valence-electron chi connectivity index (χ4n) is 2.28. The van der Waals surface area contributed by atoms with E-state index in [9.17, 15) is 4.79 Å². The molecule has 1 amide bonds. The Morgan fingerprint density at radius 3 is 2.29 bits per heavy atom. The summed E-state index contributed by atoms with van der Waals surface area (Å²) in [7, 11) is 1.67. The average Bonchev–Trinajstić information content (AvgIpc) is 2.50. The Kier molecular flexibility index (Phi) is 6.44. The molecule has 1 N–H and O–H groups in total. The van der Waals surface area contributed by atoms with E-state index in [4.69, 9.17) is 27.9 Å². The number of benzene rings is 2. The van der Waals surface area contributed by atoms with Crippen molar-refractivity contribution in [2.75, 3.05) is 12.4 Å². The summed E-state index contributed by atoms with van der Waals surface area (Å²) in [6.45, 7) is 5.68. The van der Waals surface area contributed by atoms with Crippen LogP contribution in [0.3, 0.4) is 0 Å². The van der Waals surface area contributed by atoms with Gasteiger partial charge < -0.3 is 10.1 Å². The number of halogens is 2. The van der Waals surface area contributed by atoms with Crippen LogP contribution in [0, 0.1) is 0 Å². The molecule has 0 atom stereocenters. The third-order valence-electron chi connectivity index (χ3n) is 3.36. The summed E-state index contributed by atoms with van der Waals surface area (Å²) in [6, 6.07) is 9.41. The van der Waals surface area contributed by atoms with Gasteiger partial charge in [0.2, 0.25) is 5.91 Å². The molecule has 0 fully saturated rings. The van der Waals surface area contributed by atoms with Crippen molar-refractivity contribution in [1.29, 1.82) is 0 Å². The maximum atomic E-state index is 11.2. The van der Waals surface area contributed by atoms with Gasteiger partial charge in [-0.25, -0.2) is 0 Å². The van der Waals surface area contributed by atoms with Crippen molar-refractivity contribution in [2.45, 2.75) is 36.5 Å². The van der Waals surface area contributed by atoms with Gasteiger partial charge in [-0.3, -0.25) is 4.79 Å². The summed E-state index contributed by atoms with van der Waals surface area (Å²) in [6.07, 6.45) is 0. The number of anilines is 1. The minimum Gasteiger partial charge on any atom is -0.496 e. The largest absolute Gasteiger partial charge is 0.496 e. The lowest BCUT2D eigenvalue weighted by molar-refractivity contribution is -0.114. The molecule has 0 aliphatic carbocycles. The van der Waals surface area contributed by atoms with Crippen molar-refractivity contribution in [3.05, 3.63) is 45.9 Å². The molecule has 0 heterocycles. The maximum absolute atomic E-state index is 11.2. The number of amides is 1. The summed E-state index contributed by atoms with van der Waals surface area (Å²) < 4.78 is 5.41. The minimum atomic E-state index is -0.167. The molecule has 2 rings (SSSR count). The molecule has 0 spiro atoms. The Bertz CT molecular complexity index is 740. The molecule has 0 aliphatic heterocycles. The summed E-state index contributed by atoms with van der Waals surface area (Å²) in [5.74, 6) is 1.04. The van der Waals surface area contributed by atoms with E-state index < -0.39 is 0 Å². The number of carbonyl (C=O) groups is 1. The van der Waals surface area contributed by atoms with Gasteiger partial charge in [-0.05, 0) is 41.8 Å². The highest BCUT2D eigenvalue weighted by atomic mass is 35.5. The highest BCUT2D eigenvalue weighted by molar-refractivity contribution is 7.99. The second kappa shape index (κ2) is 8.15. The molecule has 0 radical (unpaired) electrons. The quantitative estimate of drug-likeness (QED) is 0.664. The minimum absolute atomic E-state index is 0.167. The Hall–Kier alpha value is -1.36. The third-order valence-corrected chi connectivity index (χ3v) is 5.32. The number of carbonyl (C=O) groups excluding carboxylic acids is 1. The van der Waals surface area contributed by atoms with Crippen LogP contribution in [-0.4, -0.2) is 13.0 Å². The number of ether oxygens (including phenoxy) is 1. The second-order valence-corrected chi connectivity index (χ2v) is 7.51. The van der Waals surface area contributed by atoms with Gasteiger partial charge in [0, 0.05) is 22.4 Å². The lowest BCUT2D eigenvalue weighted by atomic mass is 10.0. The Balaban J connectivity index is 2.34. The molecule has 24 heavy (non-hydrogen) atoms. The number of rotatable bonds is 5. The standard InChI is InChI=1S/C18H19Cl2NO2S/c1-10(2)14-9-13(5-6-17(14)23-4)24-18-15(19)7-12(8-16(18)20)21-11(3)22/h5-10H,1-4H3,(H,21,22). The third kappa shape index (κ3) is 4.59. The van der Waals surface area contributed by atoms with Crippen LogP contribution in [0.25, 0.3) is 0 Å². The molecular formula is C18H19Cl2NO2S. The molecule has 0 unspecified atom stereocenters. The summed E-state index contributed by atoms with van der Waals surface area (Å²) in [5, 5.41) is 3.68. The van der Waals surface area contributed by atoms with Gasteiger partial charge in [-0.1, -0.05) is 48.8 Å². The fraction of sp³-hybridized carbons (Fsp3) is 0.278. The van der Waals surface area contributed by atoms with Gasteiger partial charge >= 0.3 is 0 Å². The normalized spacial score (nSPS) is 10.8. The van der Waals surface area contributed by atoms with Gasteiger partial charge in [-0.15, -0.1) is 0 Å². The summed E-state index contributed by atoms with van der Waals surface area (Å²) in [5.41, 5.74) is 1.71. The molecule has 128 valence electrons. The highest BCUT2D eigenvalue weighted by Crippen LogP contribution is 2.42. The molecular weight excluding hydrogens is 365 g/mol. The van der Waals surface area contributed by atoms with Crippen LogP contribution in [0.5, 0.6) is 5.75 Å². The molecule has 2 aromatic rings. The van der Waals surface area contributed by atoms with Crippen molar-refractivity contribution in [3.8, 4) is 5.75 Å².